The van der Waals surface area contributed by atoms with E-state index in [1.54, 1.807) is 0 Å². The Kier molecular flexibility index (Phi) is 4.14. The van der Waals surface area contributed by atoms with Gasteiger partial charge in [-0.05, 0) is 24.3 Å². The second-order valence-corrected chi connectivity index (χ2v) is 4.95. The van der Waals surface area contributed by atoms with Gasteiger partial charge in [-0.3, -0.25) is 4.79 Å². The normalized spacial score (nSPS) is 13.0. The van der Waals surface area contributed by atoms with Crippen molar-refractivity contribution in [3.8, 4) is 0 Å². The van der Waals surface area contributed by atoms with Gasteiger partial charge < -0.3 is 16.2 Å². The molecule has 0 aliphatic heterocycles. The number of anilines is 2. The molecule has 0 bridgehead atoms. The highest BCUT2D eigenvalue weighted by atomic mass is 32.1. The largest absolute Gasteiger partial charge is 0.480 e. The van der Waals surface area contributed by atoms with E-state index >= 15 is 0 Å². The molecule has 112 valence electrons. The standard InChI is InChI=1S/C12H10F3N3O2S/c13-12(14,15)6-1-3-7(4-2-6)17-11-18-8(5-21-11)9(16)10(19)20/h1-5,9H,16H2,(H,17,18)(H,19,20). The zero-order valence-corrected chi connectivity index (χ0v) is 11.2. The molecule has 1 aromatic carbocycles. The number of rotatable bonds is 4. The van der Waals surface area contributed by atoms with E-state index in [1.165, 1.54) is 17.5 Å². The van der Waals surface area contributed by atoms with Gasteiger partial charge >= 0.3 is 12.1 Å². The second kappa shape index (κ2) is 5.70. The summed E-state index contributed by atoms with van der Waals surface area (Å²) in [5.41, 5.74) is 5.25. The molecule has 4 N–H and O–H groups in total. The average molecular weight is 317 g/mol. The van der Waals surface area contributed by atoms with Gasteiger partial charge in [0.2, 0.25) is 0 Å². The van der Waals surface area contributed by atoms with Crippen LogP contribution in [-0.2, 0) is 11.0 Å². The molecule has 0 radical (unpaired) electrons. The van der Waals surface area contributed by atoms with Crippen LogP contribution in [0.1, 0.15) is 17.3 Å². The van der Waals surface area contributed by atoms with Gasteiger partial charge in [0.25, 0.3) is 0 Å². The fraction of sp³-hybridized carbons (Fsp3) is 0.167. The minimum atomic E-state index is -4.39. The van der Waals surface area contributed by atoms with Gasteiger partial charge in [0.15, 0.2) is 5.13 Å². The summed E-state index contributed by atoms with van der Waals surface area (Å²) >= 11 is 1.11. The van der Waals surface area contributed by atoms with Gasteiger partial charge in [-0.25, -0.2) is 4.98 Å². The average Bonchev–Trinajstić information content (AvgIpc) is 2.85. The van der Waals surface area contributed by atoms with Gasteiger partial charge in [-0.1, -0.05) is 0 Å². The van der Waals surface area contributed by atoms with Crippen LogP contribution in [-0.4, -0.2) is 16.1 Å². The maximum absolute atomic E-state index is 12.4. The number of nitrogens with two attached hydrogens (primary N) is 1. The molecule has 0 fully saturated rings. The zero-order chi connectivity index (χ0) is 15.6. The SMILES string of the molecule is NC(C(=O)O)c1csc(Nc2ccc(C(F)(F)F)cc2)n1. The number of benzene rings is 1. The number of nitrogens with zero attached hydrogens (tertiary/aromatic N) is 1. The van der Waals surface area contributed by atoms with Gasteiger partial charge in [-0.15, -0.1) is 11.3 Å². The molecular weight excluding hydrogens is 307 g/mol. The Morgan fingerprint density at radius 1 is 1.33 bits per heavy atom. The Labute approximate surface area is 121 Å². The van der Waals surface area contributed by atoms with Crippen LogP contribution in [0.3, 0.4) is 0 Å². The summed E-state index contributed by atoms with van der Waals surface area (Å²) in [5.74, 6) is -1.21. The van der Waals surface area contributed by atoms with Crippen LogP contribution in [0.2, 0.25) is 0 Å². The van der Waals surface area contributed by atoms with E-state index < -0.39 is 23.8 Å². The van der Waals surface area contributed by atoms with E-state index in [0.717, 1.165) is 23.5 Å². The Morgan fingerprint density at radius 3 is 2.48 bits per heavy atom. The van der Waals surface area contributed by atoms with E-state index in [-0.39, 0.29) is 5.69 Å². The van der Waals surface area contributed by atoms with Gasteiger partial charge in [0.05, 0.1) is 11.3 Å². The highest BCUT2D eigenvalue weighted by Gasteiger charge is 2.29. The first-order valence-electron chi connectivity index (χ1n) is 5.65. The molecule has 21 heavy (non-hydrogen) atoms. The number of carbonyl (C=O) groups is 1. The number of hydrogen-bond acceptors (Lipinski definition) is 5. The number of aromatic nitrogens is 1. The van der Waals surface area contributed by atoms with Crippen LogP contribution in [0.25, 0.3) is 0 Å². The van der Waals surface area contributed by atoms with E-state index in [0.29, 0.717) is 10.8 Å². The monoisotopic (exact) mass is 317 g/mol. The number of hydrogen-bond donors (Lipinski definition) is 3. The molecule has 1 aromatic heterocycles. The van der Waals surface area contributed by atoms with Crippen molar-refractivity contribution in [1.29, 1.82) is 0 Å². The number of nitrogens with one attached hydrogen (secondary N) is 1. The molecule has 9 heteroatoms. The topological polar surface area (TPSA) is 88.2 Å². The third kappa shape index (κ3) is 3.70. The molecule has 5 nitrogen and oxygen atoms in total. The quantitative estimate of drug-likeness (QED) is 0.807. The summed E-state index contributed by atoms with van der Waals surface area (Å²) in [6.45, 7) is 0. The highest BCUT2D eigenvalue weighted by Crippen LogP contribution is 2.31. The van der Waals surface area contributed by atoms with E-state index in [4.69, 9.17) is 10.8 Å². The minimum Gasteiger partial charge on any atom is -0.480 e. The summed E-state index contributed by atoms with van der Waals surface area (Å²) in [4.78, 5) is 14.7. The molecule has 0 saturated carbocycles. The lowest BCUT2D eigenvalue weighted by Gasteiger charge is -2.08. The first kappa shape index (κ1) is 15.3. The van der Waals surface area contributed by atoms with Crippen molar-refractivity contribution in [2.75, 3.05) is 5.32 Å². The van der Waals surface area contributed by atoms with Crippen LogP contribution in [0, 0.1) is 0 Å². The molecular formula is C12H10F3N3O2S. The fourth-order valence-corrected chi connectivity index (χ4v) is 2.25. The molecule has 1 heterocycles. The lowest BCUT2D eigenvalue weighted by Crippen LogP contribution is -2.20. The third-order valence-electron chi connectivity index (χ3n) is 2.57. The molecule has 0 spiro atoms. The van der Waals surface area contributed by atoms with Crippen LogP contribution in [0.4, 0.5) is 24.0 Å². The van der Waals surface area contributed by atoms with Crippen LogP contribution in [0.5, 0.6) is 0 Å². The molecule has 0 saturated heterocycles. The van der Waals surface area contributed by atoms with Crippen molar-refractivity contribution >= 4 is 28.1 Å². The zero-order valence-electron chi connectivity index (χ0n) is 10.4. The molecule has 0 aliphatic carbocycles. The van der Waals surface area contributed by atoms with Gasteiger partial charge in [-0.2, -0.15) is 13.2 Å². The van der Waals surface area contributed by atoms with Crippen molar-refractivity contribution in [2.24, 2.45) is 5.73 Å². The van der Waals surface area contributed by atoms with Crippen molar-refractivity contribution in [1.82, 2.24) is 4.98 Å². The summed E-state index contributed by atoms with van der Waals surface area (Å²) in [6, 6.07) is 3.19. The maximum atomic E-state index is 12.4. The first-order chi connectivity index (χ1) is 9.77. The number of carboxylic acid groups (broad SMARTS) is 1. The van der Waals surface area contributed by atoms with E-state index in [2.05, 4.69) is 10.3 Å². The summed E-state index contributed by atoms with van der Waals surface area (Å²) in [6.07, 6.45) is -4.39. The van der Waals surface area contributed by atoms with Crippen molar-refractivity contribution in [2.45, 2.75) is 12.2 Å². The molecule has 0 aliphatic rings. The molecule has 2 aromatic rings. The Morgan fingerprint density at radius 2 is 1.95 bits per heavy atom. The summed E-state index contributed by atoms with van der Waals surface area (Å²) in [5, 5.41) is 13.4. The van der Waals surface area contributed by atoms with Crippen LogP contribution >= 0.6 is 11.3 Å². The highest BCUT2D eigenvalue weighted by molar-refractivity contribution is 7.13. The Balaban J connectivity index is 2.10. The molecule has 1 unspecified atom stereocenters. The van der Waals surface area contributed by atoms with Crippen molar-refractivity contribution in [3.63, 3.8) is 0 Å². The summed E-state index contributed by atoms with van der Waals surface area (Å²) < 4.78 is 37.2. The Hall–Kier alpha value is -2.13. The number of carboxylic acids is 1. The molecule has 1 atom stereocenters. The number of halogens is 3. The Bertz CT molecular complexity index is 640. The molecule has 2 rings (SSSR count). The van der Waals surface area contributed by atoms with Crippen molar-refractivity contribution < 1.29 is 23.1 Å². The lowest BCUT2D eigenvalue weighted by molar-refractivity contribution is -0.139. The first-order valence-corrected chi connectivity index (χ1v) is 6.53. The smallest absolute Gasteiger partial charge is 0.416 e. The fourth-order valence-electron chi connectivity index (χ4n) is 1.48. The number of thiazole rings is 1. The van der Waals surface area contributed by atoms with Crippen LogP contribution < -0.4 is 11.1 Å². The second-order valence-electron chi connectivity index (χ2n) is 4.09. The van der Waals surface area contributed by atoms with Crippen LogP contribution in [0.15, 0.2) is 29.6 Å². The van der Waals surface area contributed by atoms with Crippen molar-refractivity contribution in [3.05, 3.63) is 40.9 Å². The number of aliphatic carboxylic acids is 1. The minimum absolute atomic E-state index is 0.182. The predicted octanol–water partition coefficient (Wildman–Crippen LogP) is 2.99. The van der Waals surface area contributed by atoms with E-state index in [9.17, 15) is 18.0 Å². The summed E-state index contributed by atoms with van der Waals surface area (Å²) in [7, 11) is 0. The maximum Gasteiger partial charge on any atom is 0.416 e. The predicted molar refractivity (Wildman–Crippen MR) is 71.4 cm³/mol. The van der Waals surface area contributed by atoms with E-state index in [1.807, 2.05) is 0 Å². The van der Waals surface area contributed by atoms with Gasteiger partial charge in [0.1, 0.15) is 6.04 Å². The molecule has 0 amide bonds. The lowest BCUT2D eigenvalue weighted by atomic mass is 10.2. The number of alkyl halides is 3. The third-order valence-corrected chi connectivity index (χ3v) is 3.35. The van der Waals surface area contributed by atoms with Gasteiger partial charge in [0, 0.05) is 11.1 Å².